The van der Waals surface area contributed by atoms with Crippen LogP contribution >= 0.6 is 0 Å². The Morgan fingerprint density at radius 1 is 1.26 bits per heavy atom. The largest absolute Gasteiger partial charge is 0.481 e. The van der Waals surface area contributed by atoms with Gasteiger partial charge in [-0.3, -0.25) is 4.98 Å². The van der Waals surface area contributed by atoms with Gasteiger partial charge in [0, 0.05) is 25.1 Å². The molecule has 0 amide bonds. The van der Waals surface area contributed by atoms with Gasteiger partial charge in [0.2, 0.25) is 11.8 Å². The Morgan fingerprint density at radius 2 is 2.22 bits per heavy atom. The first-order valence-electron chi connectivity index (χ1n) is 7.58. The van der Waals surface area contributed by atoms with Gasteiger partial charge in [0.05, 0.1) is 38.2 Å². The summed E-state index contributed by atoms with van der Waals surface area (Å²) in [5.41, 5.74) is 0.912. The molecule has 2 atom stereocenters. The first kappa shape index (κ1) is 15.6. The minimum Gasteiger partial charge on any atom is -0.481 e. The highest BCUT2D eigenvalue weighted by Gasteiger charge is 2.27. The maximum Gasteiger partial charge on any atom is 0.226 e. The number of aromatic nitrogens is 3. The molecule has 0 radical (unpaired) electrons. The van der Waals surface area contributed by atoms with Crippen LogP contribution in [0.15, 0.2) is 36.7 Å². The van der Waals surface area contributed by atoms with Gasteiger partial charge in [0.15, 0.2) is 0 Å². The van der Waals surface area contributed by atoms with E-state index in [4.69, 9.17) is 14.2 Å². The Hall–Kier alpha value is -2.25. The third kappa shape index (κ3) is 4.37. The first-order chi connectivity index (χ1) is 11.3. The highest BCUT2D eigenvalue weighted by molar-refractivity contribution is 5.29. The molecule has 3 heterocycles. The summed E-state index contributed by atoms with van der Waals surface area (Å²) in [6.07, 6.45) is 4.25. The molecule has 1 aliphatic heterocycles. The zero-order chi connectivity index (χ0) is 15.9. The standard InChI is InChI=1S/C16H20N4O3/c1-21-15-5-8-18-16(20-15)19-13-11-22-9-6-14(13)23-10-12-4-2-3-7-17-12/h2-5,7-8,13-14H,6,9-11H2,1H3,(H,18,19,20)/t13-,14-/m1/s1. The molecule has 2 aromatic rings. The molecule has 1 N–H and O–H groups in total. The van der Waals surface area contributed by atoms with Gasteiger partial charge >= 0.3 is 0 Å². The number of hydrogen-bond acceptors (Lipinski definition) is 7. The van der Waals surface area contributed by atoms with Crippen molar-refractivity contribution in [2.75, 3.05) is 25.6 Å². The zero-order valence-corrected chi connectivity index (χ0v) is 13.0. The number of ether oxygens (including phenoxy) is 3. The van der Waals surface area contributed by atoms with Crippen LogP contribution in [0.5, 0.6) is 5.88 Å². The molecular weight excluding hydrogens is 296 g/mol. The fraction of sp³-hybridized carbons (Fsp3) is 0.438. The van der Waals surface area contributed by atoms with E-state index >= 15 is 0 Å². The van der Waals surface area contributed by atoms with E-state index in [-0.39, 0.29) is 12.1 Å². The number of nitrogens with zero attached hydrogens (tertiary/aromatic N) is 3. The molecule has 0 saturated carbocycles. The van der Waals surface area contributed by atoms with Crippen molar-refractivity contribution < 1.29 is 14.2 Å². The summed E-state index contributed by atoms with van der Waals surface area (Å²) in [5.74, 6) is 1.02. The molecule has 7 heteroatoms. The second-order valence-corrected chi connectivity index (χ2v) is 5.21. The molecule has 0 aliphatic carbocycles. The number of nitrogens with one attached hydrogen (secondary N) is 1. The van der Waals surface area contributed by atoms with Crippen molar-refractivity contribution in [2.45, 2.75) is 25.2 Å². The van der Waals surface area contributed by atoms with Crippen molar-refractivity contribution in [1.82, 2.24) is 15.0 Å². The molecule has 1 aliphatic rings. The molecule has 2 aromatic heterocycles. The molecule has 7 nitrogen and oxygen atoms in total. The minimum atomic E-state index is -0.0143. The lowest BCUT2D eigenvalue weighted by atomic mass is 10.1. The predicted octanol–water partition coefficient (Wildman–Crippen LogP) is 1.67. The van der Waals surface area contributed by atoms with Crippen LogP contribution in [-0.4, -0.2) is 47.4 Å². The smallest absolute Gasteiger partial charge is 0.226 e. The van der Waals surface area contributed by atoms with Gasteiger partial charge in [-0.15, -0.1) is 0 Å². The van der Waals surface area contributed by atoms with Gasteiger partial charge in [-0.2, -0.15) is 4.98 Å². The third-order valence-corrected chi connectivity index (χ3v) is 3.62. The fourth-order valence-corrected chi connectivity index (χ4v) is 2.42. The Bertz CT molecular complexity index is 611. The quantitative estimate of drug-likeness (QED) is 0.868. The number of anilines is 1. The summed E-state index contributed by atoms with van der Waals surface area (Å²) in [5, 5.41) is 3.27. The zero-order valence-electron chi connectivity index (χ0n) is 13.0. The Kier molecular flexibility index (Phi) is 5.33. The number of hydrogen-bond donors (Lipinski definition) is 1. The van der Waals surface area contributed by atoms with Crippen LogP contribution in [0.2, 0.25) is 0 Å². The summed E-state index contributed by atoms with van der Waals surface area (Å²) in [7, 11) is 1.58. The van der Waals surface area contributed by atoms with Crippen LogP contribution in [0.1, 0.15) is 12.1 Å². The van der Waals surface area contributed by atoms with Crippen molar-refractivity contribution in [3.05, 3.63) is 42.4 Å². The van der Waals surface area contributed by atoms with Crippen molar-refractivity contribution in [1.29, 1.82) is 0 Å². The SMILES string of the molecule is COc1ccnc(N[C@@H]2COCC[C@H]2OCc2ccccn2)n1. The van der Waals surface area contributed by atoms with Crippen LogP contribution in [0, 0.1) is 0 Å². The summed E-state index contributed by atoms with van der Waals surface area (Å²) in [4.78, 5) is 12.8. The maximum absolute atomic E-state index is 6.02. The fourth-order valence-electron chi connectivity index (χ4n) is 2.42. The highest BCUT2D eigenvalue weighted by Crippen LogP contribution is 2.17. The van der Waals surface area contributed by atoms with Gasteiger partial charge < -0.3 is 19.5 Å². The highest BCUT2D eigenvalue weighted by atomic mass is 16.5. The van der Waals surface area contributed by atoms with Crippen LogP contribution in [-0.2, 0) is 16.1 Å². The van der Waals surface area contributed by atoms with E-state index in [1.165, 1.54) is 0 Å². The van der Waals surface area contributed by atoms with E-state index < -0.39 is 0 Å². The Labute approximate surface area is 135 Å². The topological polar surface area (TPSA) is 78.4 Å². The normalized spacial score (nSPS) is 20.9. The average molecular weight is 316 g/mol. The van der Waals surface area contributed by atoms with Crippen molar-refractivity contribution in [3.63, 3.8) is 0 Å². The summed E-state index contributed by atoms with van der Waals surface area (Å²) >= 11 is 0. The monoisotopic (exact) mass is 316 g/mol. The van der Waals surface area contributed by atoms with E-state index in [0.717, 1.165) is 12.1 Å². The lowest BCUT2D eigenvalue weighted by Crippen LogP contribution is -2.44. The van der Waals surface area contributed by atoms with Gasteiger partial charge in [-0.05, 0) is 18.6 Å². The average Bonchev–Trinajstić information content (AvgIpc) is 2.62. The van der Waals surface area contributed by atoms with E-state index in [2.05, 4.69) is 20.3 Å². The number of methoxy groups -OCH3 is 1. The second-order valence-electron chi connectivity index (χ2n) is 5.21. The molecular formula is C16H20N4O3. The lowest BCUT2D eigenvalue weighted by Gasteiger charge is -2.32. The van der Waals surface area contributed by atoms with E-state index in [1.807, 2.05) is 18.2 Å². The van der Waals surface area contributed by atoms with Crippen LogP contribution in [0.4, 0.5) is 5.95 Å². The van der Waals surface area contributed by atoms with Gasteiger partial charge in [0.1, 0.15) is 0 Å². The summed E-state index contributed by atoms with van der Waals surface area (Å²) in [6, 6.07) is 7.49. The number of pyridine rings is 1. The molecule has 1 fully saturated rings. The molecule has 0 bridgehead atoms. The third-order valence-electron chi connectivity index (χ3n) is 3.62. The van der Waals surface area contributed by atoms with E-state index in [1.54, 1.807) is 25.6 Å². The second kappa shape index (κ2) is 7.85. The van der Waals surface area contributed by atoms with Crippen LogP contribution in [0.25, 0.3) is 0 Å². The first-order valence-corrected chi connectivity index (χ1v) is 7.58. The molecule has 1 saturated heterocycles. The Morgan fingerprint density at radius 3 is 3.04 bits per heavy atom. The van der Waals surface area contributed by atoms with Gasteiger partial charge in [-0.25, -0.2) is 4.98 Å². The summed E-state index contributed by atoms with van der Waals surface area (Å²) < 4.78 is 16.7. The molecule has 0 unspecified atom stereocenters. The van der Waals surface area contributed by atoms with E-state index in [9.17, 15) is 0 Å². The molecule has 0 spiro atoms. The van der Waals surface area contributed by atoms with Crippen molar-refractivity contribution in [2.24, 2.45) is 0 Å². The predicted molar refractivity (Wildman–Crippen MR) is 84.2 cm³/mol. The van der Waals surface area contributed by atoms with E-state index in [0.29, 0.717) is 31.6 Å². The van der Waals surface area contributed by atoms with Gasteiger partial charge in [0.25, 0.3) is 0 Å². The van der Waals surface area contributed by atoms with Crippen LogP contribution < -0.4 is 10.1 Å². The van der Waals surface area contributed by atoms with Crippen LogP contribution in [0.3, 0.4) is 0 Å². The maximum atomic E-state index is 6.02. The van der Waals surface area contributed by atoms with Gasteiger partial charge in [-0.1, -0.05) is 6.07 Å². The van der Waals surface area contributed by atoms with Crippen molar-refractivity contribution >= 4 is 5.95 Å². The molecule has 3 rings (SSSR count). The van der Waals surface area contributed by atoms with Crippen molar-refractivity contribution in [3.8, 4) is 5.88 Å². The molecule has 122 valence electrons. The minimum absolute atomic E-state index is 0.0143. The summed E-state index contributed by atoms with van der Waals surface area (Å²) in [6.45, 7) is 1.71. The Balaban J connectivity index is 1.61. The lowest BCUT2D eigenvalue weighted by molar-refractivity contribution is -0.0488. The molecule has 23 heavy (non-hydrogen) atoms. The molecule has 0 aromatic carbocycles. The number of rotatable bonds is 6.